The summed E-state index contributed by atoms with van der Waals surface area (Å²) in [7, 11) is 1.73. The number of hydrogen-bond donors (Lipinski definition) is 1. The van der Waals surface area contributed by atoms with Crippen molar-refractivity contribution in [1.29, 1.82) is 0 Å². The van der Waals surface area contributed by atoms with Crippen LogP contribution in [0.5, 0.6) is 5.75 Å². The first kappa shape index (κ1) is 11.5. The number of rotatable bonds is 3. The number of hydrogen-bond acceptors (Lipinski definition) is 2. The van der Waals surface area contributed by atoms with Crippen LogP contribution in [0.4, 0.5) is 0 Å². The van der Waals surface area contributed by atoms with Gasteiger partial charge in [-0.05, 0) is 35.6 Å². The van der Waals surface area contributed by atoms with Gasteiger partial charge in [0.1, 0.15) is 5.75 Å². The van der Waals surface area contributed by atoms with E-state index in [-0.39, 0.29) is 0 Å². The summed E-state index contributed by atoms with van der Waals surface area (Å²) >= 11 is 0. The van der Waals surface area contributed by atoms with Gasteiger partial charge in [0.25, 0.3) is 0 Å². The average Bonchev–Trinajstić information content (AvgIpc) is 2.32. The summed E-state index contributed by atoms with van der Waals surface area (Å²) < 4.78 is 5.31. The second kappa shape index (κ2) is 4.88. The molecule has 2 atom stereocenters. The molecule has 2 rings (SSSR count). The lowest BCUT2D eigenvalue weighted by atomic mass is 9.86. The predicted octanol–water partition coefficient (Wildman–Crippen LogP) is 3.24. The van der Waals surface area contributed by atoms with E-state index < -0.39 is 0 Å². The van der Waals surface area contributed by atoms with Crippen molar-refractivity contribution in [2.45, 2.75) is 38.6 Å². The van der Waals surface area contributed by atoms with Crippen LogP contribution in [-0.2, 0) is 0 Å². The quantitative estimate of drug-likeness (QED) is 0.842. The van der Waals surface area contributed by atoms with E-state index in [4.69, 9.17) is 4.74 Å². The first-order valence-corrected chi connectivity index (χ1v) is 6.17. The van der Waals surface area contributed by atoms with E-state index in [0.717, 1.165) is 12.3 Å². The SMILES string of the molecule is CCCC1NCC(C)c2ccc(OC)cc21. The lowest BCUT2D eigenvalue weighted by Gasteiger charge is -2.31. The van der Waals surface area contributed by atoms with Crippen LogP contribution in [0.15, 0.2) is 18.2 Å². The van der Waals surface area contributed by atoms with Crippen LogP contribution in [-0.4, -0.2) is 13.7 Å². The standard InChI is InChI=1S/C14H21NO/c1-4-5-14-13-8-11(16-3)6-7-12(13)10(2)9-15-14/h6-8,10,14-15H,4-5,9H2,1-3H3. The first-order chi connectivity index (χ1) is 7.76. The highest BCUT2D eigenvalue weighted by molar-refractivity contribution is 5.41. The van der Waals surface area contributed by atoms with E-state index in [1.54, 1.807) is 7.11 Å². The molecule has 2 unspecified atom stereocenters. The Morgan fingerprint density at radius 2 is 2.19 bits per heavy atom. The predicted molar refractivity (Wildman–Crippen MR) is 67.1 cm³/mol. The fourth-order valence-corrected chi connectivity index (χ4v) is 2.52. The maximum atomic E-state index is 5.31. The summed E-state index contributed by atoms with van der Waals surface area (Å²) in [6.45, 7) is 5.60. The van der Waals surface area contributed by atoms with Gasteiger partial charge in [0.15, 0.2) is 0 Å². The van der Waals surface area contributed by atoms with E-state index in [9.17, 15) is 0 Å². The van der Waals surface area contributed by atoms with Gasteiger partial charge in [-0.1, -0.05) is 26.3 Å². The smallest absolute Gasteiger partial charge is 0.119 e. The molecule has 1 aliphatic heterocycles. The van der Waals surface area contributed by atoms with E-state index in [1.807, 2.05) is 0 Å². The van der Waals surface area contributed by atoms with Gasteiger partial charge in [-0.25, -0.2) is 0 Å². The van der Waals surface area contributed by atoms with Crippen LogP contribution in [0.3, 0.4) is 0 Å². The van der Waals surface area contributed by atoms with Gasteiger partial charge in [-0.2, -0.15) is 0 Å². The van der Waals surface area contributed by atoms with Crippen LogP contribution in [0, 0.1) is 0 Å². The Labute approximate surface area is 98.0 Å². The molecule has 0 fully saturated rings. The highest BCUT2D eigenvalue weighted by Gasteiger charge is 2.23. The number of methoxy groups -OCH3 is 1. The van der Waals surface area contributed by atoms with Crippen molar-refractivity contribution >= 4 is 0 Å². The normalized spacial score (nSPS) is 23.9. The third kappa shape index (κ3) is 2.07. The van der Waals surface area contributed by atoms with Gasteiger partial charge >= 0.3 is 0 Å². The van der Waals surface area contributed by atoms with Crippen molar-refractivity contribution in [2.24, 2.45) is 0 Å². The van der Waals surface area contributed by atoms with Gasteiger partial charge in [-0.3, -0.25) is 0 Å². The van der Waals surface area contributed by atoms with Crippen molar-refractivity contribution in [3.63, 3.8) is 0 Å². The molecule has 16 heavy (non-hydrogen) atoms. The molecule has 0 saturated carbocycles. The van der Waals surface area contributed by atoms with Gasteiger partial charge in [0, 0.05) is 12.6 Å². The molecule has 0 amide bonds. The Bertz CT molecular complexity index is 362. The minimum absolute atomic E-state index is 0.506. The molecule has 1 aliphatic rings. The minimum atomic E-state index is 0.506. The minimum Gasteiger partial charge on any atom is -0.497 e. The maximum absolute atomic E-state index is 5.31. The fraction of sp³-hybridized carbons (Fsp3) is 0.571. The molecule has 0 bridgehead atoms. The van der Waals surface area contributed by atoms with Crippen LogP contribution >= 0.6 is 0 Å². The van der Waals surface area contributed by atoms with Gasteiger partial charge in [-0.15, -0.1) is 0 Å². The monoisotopic (exact) mass is 219 g/mol. The van der Waals surface area contributed by atoms with E-state index in [0.29, 0.717) is 12.0 Å². The summed E-state index contributed by atoms with van der Waals surface area (Å²) in [6, 6.07) is 7.00. The molecule has 0 spiro atoms. The van der Waals surface area contributed by atoms with Crippen LogP contribution in [0.2, 0.25) is 0 Å². The molecule has 0 aliphatic carbocycles. The van der Waals surface area contributed by atoms with Crippen LogP contribution in [0.25, 0.3) is 0 Å². The Balaban J connectivity index is 2.36. The molecular formula is C14H21NO. The molecule has 0 saturated heterocycles. The maximum Gasteiger partial charge on any atom is 0.119 e. The van der Waals surface area contributed by atoms with Crippen molar-refractivity contribution in [2.75, 3.05) is 13.7 Å². The Kier molecular flexibility index (Phi) is 3.49. The molecule has 1 heterocycles. The summed E-state index contributed by atoms with van der Waals surface area (Å²) in [5, 5.41) is 3.62. The zero-order chi connectivity index (χ0) is 11.5. The Morgan fingerprint density at radius 3 is 2.88 bits per heavy atom. The molecule has 1 aromatic carbocycles. The van der Waals surface area contributed by atoms with Crippen LogP contribution < -0.4 is 10.1 Å². The van der Waals surface area contributed by atoms with Gasteiger partial charge in [0.2, 0.25) is 0 Å². The molecule has 2 heteroatoms. The lowest BCUT2D eigenvalue weighted by Crippen LogP contribution is -2.31. The molecule has 1 N–H and O–H groups in total. The Morgan fingerprint density at radius 1 is 1.38 bits per heavy atom. The molecule has 88 valence electrons. The average molecular weight is 219 g/mol. The van der Waals surface area contributed by atoms with E-state index >= 15 is 0 Å². The van der Waals surface area contributed by atoms with E-state index in [2.05, 4.69) is 37.4 Å². The molecular weight excluding hydrogens is 198 g/mol. The second-order valence-corrected chi connectivity index (χ2v) is 4.65. The lowest BCUT2D eigenvalue weighted by molar-refractivity contribution is 0.405. The molecule has 1 aromatic rings. The van der Waals surface area contributed by atoms with Gasteiger partial charge in [0.05, 0.1) is 7.11 Å². The number of fused-ring (bicyclic) bond motifs is 1. The molecule has 0 aromatic heterocycles. The third-order valence-corrected chi connectivity index (χ3v) is 3.45. The highest BCUT2D eigenvalue weighted by atomic mass is 16.5. The number of benzene rings is 1. The largest absolute Gasteiger partial charge is 0.497 e. The van der Waals surface area contributed by atoms with Gasteiger partial charge < -0.3 is 10.1 Å². The van der Waals surface area contributed by atoms with E-state index in [1.165, 1.54) is 24.0 Å². The third-order valence-electron chi connectivity index (χ3n) is 3.45. The first-order valence-electron chi connectivity index (χ1n) is 6.17. The summed E-state index contributed by atoms with van der Waals surface area (Å²) in [4.78, 5) is 0. The number of nitrogens with one attached hydrogen (secondary N) is 1. The topological polar surface area (TPSA) is 21.3 Å². The molecule has 0 radical (unpaired) electrons. The summed E-state index contributed by atoms with van der Waals surface area (Å²) in [5.74, 6) is 1.57. The van der Waals surface area contributed by atoms with Crippen molar-refractivity contribution < 1.29 is 4.74 Å². The second-order valence-electron chi connectivity index (χ2n) is 4.65. The summed E-state index contributed by atoms with van der Waals surface area (Å²) in [5.41, 5.74) is 2.91. The highest BCUT2D eigenvalue weighted by Crippen LogP contribution is 2.34. The zero-order valence-electron chi connectivity index (χ0n) is 10.4. The van der Waals surface area contributed by atoms with Crippen molar-refractivity contribution in [1.82, 2.24) is 5.32 Å². The zero-order valence-corrected chi connectivity index (χ0v) is 10.4. The molecule has 2 nitrogen and oxygen atoms in total. The Hall–Kier alpha value is -1.02. The summed E-state index contributed by atoms with van der Waals surface area (Å²) in [6.07, 6.45) is 2.41. The number of ether oxygens (including phenoxy) is 1. The van der Waals surface area contributed by atoms with Crippen molar-refractivity contribution in [3.05, 3.63) is 29.3 Å². The van der Waals surface area contributed by atoms with Crippen molar-refractivity contribution in [3.8, 4) is 5.75 Å². The van der Waals surface area contributed by atoms with Crippen LogP contribution in [0.1, 0.15) is 49.8 Å². The fourth-order valence-electron chi connectivity index (χ4n) is 2.52.